The number of methoxy groups -OCH3 is 1. The van der Waals surface area contributed by atoms with E-state index in [1.54, 1.807) is 7.11 Å². The molecule has 1 rings (SSSR count). The molecular formula is C15H25NO3. The van der Waals surface area contributed by atoms with Gasteiger partial charge in [0.25, 0.3) is 0 Å². The second-order valence-corrected chi connectivity index (χ2v) is 5.11. The van der Waals surface area contributed by atoms with E-state index in [1.165, 1.54) is 16.7 Å². The van der Waals surface area contributed by atoms with E-state index < -0.39 is 6.10 Å². The first-order valence-corrected chi connectivity index (χ1v) is 6.59. The van der Waals surface area contributed by atoms with Gasteiger partial charge in [-0.15, -0.1) is 0 Å². The molecule has 19 heavy (non-hydrogen) atoms. The van der Waals surface area contributed by atoms with Crippen LogP contribution in [-0.4, -0.2) is 55.1 Å². The van der Waals surface area contributed by atoms with Crippen LogP contribution in [0.25, 0.3) is 0 Å². The van der Waals surface area contributed by atoms with Crippen LogP contribution < -0.4 is 4.74 Å². The quantitative estimate of drug-likeness (QED) is 0.778. The van der Waals surface area contributed by atoms with Crippen LogP contribution in [0.1, 0.15) is 16.7 Å². The Bertz CT molecular complexity index is 407. The molecule has 0 aliphatic rings. The third kappa shape index (κ3) is 4.82. The van der Waals surface area contributed by atoms with Crippen molar-refractivity contribution < 1.29 is 14.9 Å². The Morgan fingerprint density at radius 1 is 1.32 bits per heavy atom. The van der Waals surface area contributed by atoms with Gasteiger partial charge in [-0.3, -0.25) is 0 Å². The van der Waals surface area contributed by atoms with E-state index in [1.807, 2.05) is 18.0 Å². The molecule has 0 heterocycles. The fraction of sp³-hybridized carbons (Fsp3) is 0.600. The van der Waals surface area contributed by atoms with Gasteiger partial charge < -0.3 is 19.8 Å². The molecule has 1 atom stereocenters. The van der Waals surface area contributed by atoms with Crippen LogP contribution in [0.4, 0.5) is 0 Å². The number of ether oxygens (including phenoxy) is 1. The first-order chi connectivity index (χ1) is 8.97. The number of benzene rings is 1. The molecule has 1 aromatic carbocycles. The number of hydrogen-bond donors (Lipinski definition) is 2. The molecule has 1 unspecified atom stereocenters. The molecule has 0 saturated carbocycles. The third-order valence-corrected chi connectivity index (χ3v) is 3.27. The Hall–Kier alpha value is -1.10. The van der Waals surface area contributed by atoms with E-state index in [4.69, 9.17) is 9.84 Å². The average molecular weight is 267 g/mol. The minimum Gasteiger partial charge on any atom is -0.496 e. The van der Waals surface area contributed by atoms with E-state index in [-0.39, 0.29) is 6.61 Å². The molecule has 0 saturated heterocycles. The summed E-state index contributed by atoms with van der Waals surface area (Å²) in [5, 5.41) is 18.2. The van der Waals surface area contributed by atoms with E-state index in [9.17, 15) is 5.11 Å². The van der Waals surface area contributed by atoms with E-state index in [0.29, 0.717) is 6.54 Å². The number of aliphatic hydroxyl groups is 2. The summed E-state index contributed by atoms with van der Waals surface area (Å²) in [6.07, 6.45) is 0.190. The lowest BCUT2D eigenvalue weighted by atomic mass is 10.0. The lowest BCUT2D eigenvalue weighted by Gasteiger charge is -2.20. The van der Waals surface area contributed by atoms with Crippen LogP contribution >= 0.6 is 0 Å². The van der Waals surface area contributed by atoms with Crippen molar-refractivity contribution in [3.63, 3.8) is 0 Å². The molecule has 4 heteroatoms. The molecule has 0 aromatic heterocycles. The largest absolute Gasteiger partial charge is 0.496 e. The molecule has 108 valence electrons. The van der Waals surface area contributed by atoms with Crippen molar-refractivity contribution in [1.29, 1.82) is 0 Å². The van der Waals surface area contributed by atoms with Crippen molar-refractivity contribution in [2.24, 2.45) is 0 Å². The van der Waals surface area contributed by atoms with Crippen LogP contribution in [0.15, 0.2) is 12.1 Å². The van der Waals surface area contributed by atoms with E-state index >= 15 is 0 Å². The maximum atomic E-state index is 9.40. The fourth-order valence-corrected chi connectivity index (χ4v) is 2.27. The summed E-state index contributed by atoms with van der Waals surface area (Å²) in [5.41, 5.74) is 3.63. The fourth-order valence-electron chi connectivity index (χ4n) is 2.27. The summed E-state index contributed by atoms with van der Waals surface area (Å²) >= 11 is 0. The summed E-state index contributed by atoms with van der Waals surface area (Å²) in [4.78, 5) is 2.01. The molecule has 0 spiro atoms. The van der Waals surface area contributed by atoms with Crippen LogP contribution in [0.5, 0.6) is 5.75 Å². The summed E-state index contributed by atoms with van der Waals surface area (Å²) in [5.74, 6) is 0.925. The SMILES string of the molecule is COc1cc(C)cc(C)c1CCN(C)CC(O)CO. The van der Waals surface area contributed by atoms with E-state index in [0.717, 1.165) is 18.7 Å². The highest BCUT2D eigenvalue weighted by atomic mass is 16.5. The molecule has 4 nitrogen and oxygen atoms in total. The van der Waals surface area contributed by atoms with Gasteiger partial charge in [-0.1, -0.05) is 6.07 Å². The first kappa shape index (κ1) is 16.0. The van der Waals surface area contributed by atoms with Crippen LogP contribution in [0, 0.1) is 13.8 Å². The molecule has 0 amide bonds. The minimum absolute atomic E-state index is 0.197. The predicted octanol–water partition coefficient (Wildman–Crippen LogP) is 1.14. The van der Waals surface area contributed by atoms with Crippen molar-refractivity contribution in [2.75, 3.05) is 33.9 Å². The van der Waals surface area contributed by atoms with Gasteiger partial charge in [0.15, 0.2) is 0 Å². The monoisotopic (exact) mass is 267 g/mol. The van der Waals surface area contributed by atoms with E-state index in [2.05, 4.69) is 19.9 Å². The normalized spacial score (nSPS) is 12.8. The first-order valence-electron chi connectivity index (χ1n) is 6.59. The Morgan fingerprint density at radius 2 is 2.00 bits per heavy atom. The number of aryl methyl sites for hydroxylation is 2. The standard InChI is InChI=1S/C15H25NO3/c1-11-7-12(2)14(15(8-11)19-4)5-6-16(3)9-13(18)10-17/h7-8,13,17-18H,5-6,9-10H2,1-4H3. The van der Waals surface area contributed by atoms with Gasteiger partial charge in [0, 0.05) is 13.1 Å². The molecule has 0 aliphatic carbocycles. The van der Waals surface area contributed by atoms with Crippen molar-refractivity contribution in [3.05, 3.63) is 28.8 Å². The van der Waals surface area contributed by atoms with Crippen LogP contribution in [-0.2, 0) is 6.42 Å². The molecule has 1 aromatic rings. The highest BCUT2D eigenvalue weighted by molar-refractivity contribution is 5.43. The molecule has 0 aliphatic heterocycles. The molecular weight excluding hydrogens is 242 g/mol. The number of likely N-dealkylation sites (N-methyl/N-ethyl adjacent to an activating group) is 1. The average Bonchev–Trinajstić information content (AvgIpc) is 2.36. The maximum Gasteiger partial charge on any atom is 0.122 e. The zero-order valence-electron chi connectivity index (χ0n) is 12.3. The van der Waals surface area contributed by atoms with Crippen LogP contribution in [0.3, 0.4) is 0 Å². The molecule has 0 bridgehead atoms. The maximum absolute atomic E-state index is 9.40. The van der Waals surface area contributed by atoms with Crippen molar-refractivity contribution >= 4 is 0 Å². The Kier molecular flexibility index (Phi) is 6.28. The zero-order valence-corrected chi connectivity index (χ0v) is 12.3. The van der Waals surface area contributed by atoms with Gasteiger partial charge in [0.2, 0.25) is 0 Å². The summed E-state index contributed by atoms with van der Waals surface area (Å²) in [7, 11) is 3.63. The van der Waals surface area contributed by atoms with Gasteiger partial charge in [0.1, 0.15) is 5.75 Å². The van der Waals surface area contributed by atoms with Gasteiger partial charge in [0.05, 0.1) is 19.8 Å². The summed E-state index contributed by atoms with van der Waals surface area (Å²) in [6, 6.07) is 4.20. The number of hydrogen-bond acceptors (Lipinski definition) is 4. The lowest BCUT2D eigenvalue weighted by Crippen LogP contribution is -2.32. The van der Waals surface area contributed by atoms with Gasteiger partial charge in [-0.25, -0.2) is 0 Å². The zero-order chi connectivity index (χ0) is 14.4. The predicted molar refractivity (Wildman–Crippen MR) is 76.8 cm³/mol. The number of rotatable bonds is 7. The molecule has 0 fully saturated rings. The Morgan fingerprint density at radius 3 is 2.58 bits per heavy atom. The van der Waals surface area contributed by atoms with Gasteiger partial charge in [-0.05, 0) is 50.1 Å². The van der Waals surface area contributed by atoms with Gasteiger partial charge >= 0.3 is 0 Å². The van der Waals surface area contributed by atoms with Crippen LogP contribution in [0.2, 0.25) is 0 Å². The minimum atomic E-state index is -0.675. The Labute approximate surface area is 115 Å². The molecule has 0 radical (unpaired) electrons. The topological polar surface area (TPSA) is 52.9 Å². The van der Waals surface area contributed by atoms with Crippen molar-refractivity contribution in [2.45, 2.75) is 26.4 Å². The van der Waals surface area contributed by atoms with Crippen molar-refractivity contribution in [1.82, 2.24) is 4.90 Å². The Balaban J connectivity index is 2.67. The van der Waals surface area contributed by atoms with Gasteiger partial charge in [-0.2, -0.15) is 0 Å². The number of aliphatic hydroxyl groups excluding tert-OH is 2. The highest BCUT2D eigenvalue weighted by Crippen LogP contribution is 2.24. The summed E-state index contributed by atoms with van der Waals surface area (Å²) < 4.78 is 5.43. The summed E-state index contributed by atoms with van der Waals surface area (Å²) in [6.45, 7) is 5.24. The third-order valence-electron chi connectivity index (χ3n) is 3.27. The second kappa shape index (κ2) is 7.48. The number of nitrogens with zero attached hydrogens (tertiary/aromatic N) is 1. The molecule has 2 N–H and O–H groups in total. The second-order valence-electron chi connectivity index (χ2n) is 5.11. The lowest BCUT2D eigenvalue weighted by molar-refractivity contribution is 0.0669. The smallest absolute Gasteiger partial charge is 0.122 e. The highest BCUT2D eigenvalue weighted by Gasteiger charge is 2.11. The van der Waals surface area contributed by atoms with Crippen molar-refractivity contribution in [3.8, 4) is 5.75 Å².